The SMILES string of the molecule is C[C@H]1[C@H](OC(=O)CCN2CCNCC2)OC2O[C@]3(C)CC[C@H]4[C@H](C)CC[C@@H]1C24OO3. The van der Waals surface area contributed by atoms with Crippen molar-refractivity contribution in [2.45, 2.75) is 76.8 Å². The smallest absolute Gasteiger partial charge is 0.309 e. The van der Waals surface area contributed by atoms with Crippen molar-refractivity contribution >= 4 is 5.97 Å². The van der Waals surface area contributed by atoms with Crippen LogP contribution in [0.15, 0.2) is 0 Å². The summed E-state index contributed by atoms with van der Waals surface area (Å²) in [6.07, 6.45) is 3.11. The number of nitrogens with one attached hydrogen (secondary N) is 1. The molecule has 6 rings (SSSR count). The van der Waals surface area contributed by atoms with E-state index in [2.05, 4.69) is 24.1 Å². The lowest BCUT2D eigenvalue weighted by molar-refractivity contribution is -0.576. The molecule has 5 aliphatic heterocycles. The van der Waals surface area contributed by atoms with Gasteiger partial charge in [0.15, 0.2) is 11.9 Å². The number of rotatable bonds is 4. The number of nitrogens with zero attached hydrogens (tertiary/aromatic N) is 1. The number of carbonyl (C=O) groups is 1. The molecule has 0 radical (unpaired) electrons. The van der Waals surface area contributed by atoms with Gasteiger partial charge in [0, 0.05) is 51.0 Å². The highest BCUT2D eigenvalue weighted by molar-refractivity contribution is 5.69. The van der Waals surface area contributed by atoms with Crippen LogP contribution in [-0.4, -0.2) is 67.6 Å². The predicted octanol–water partition coefficient (Wildman–Crippen LogP) is 2.03. The van der Waals surface area contributed by atoms with E-state index >= 15 is 0 Å². The molecular weight excluding hydrogens is 388 g/mol. The zero-order valence-corrected chi connectivity index (χ0v) is 18.4. The summed E-state index contributed by atoms with van der Waals surface area (Å²) in [5, 5.41) is 3.33. The quantitative estimate of drug-likeness (QED) is 0.543. The molecule has 30 heavy (non-hydrogen) atoms. The Kier molecular flexibility index (Phi) is 5.61. The van der Waals surface area contributed by atoms with Crippen LogP contribution in [0.5, 0.6) is 0 Å². The number of carbonyl (C=O) groups excluding carboxylic acids is 1. The summed E-state index contributed by atoms with van der Waals surface area (Å²) in [5.41, 5.74) is -0.614. The maximum absolute atomic E-state index is 12.6. The number of esters is 1. The molecular formula is C22H36N2O6. The molecule has 2 bridgehead atoms. The zero-order valence-electron chi connectivity index (χ0n) is 18.4. The third-order valence-electron chi connectivity index (χ3n) is 8.19. The van der Waals surface area contributed by atoms with Crippen LogP contribution in [-0.2, 0) is 28.8 Å². The summed E-state index contributed by atoms with van der Waals surface area (Å²) in [4.78, 5) is 26.9. The Balaban J connectivity index is 1.29. The van der Waals surface area contributed by atoms with Crippen LogP contribution in [0.3, 0.4) is 0 Å². The van der Waals surface area contributed by atoms with Crippen molar-refractivity contribution in [1.82, 2.24) is 10.2 Å². The molecule has 1 aliphatic carbocycles. The van der Waals surface area contributed by atoms with Crippen LogP contribution in [0.4, 0.5) is 0 Å². The van der Waals surface area contributed by atoms with E-state index in [1.165, 1.54) is 0 Å². The number of fused-ring (bicyclic) bond motifs is 2. The van der Waals surface area contributed by atoms with E-state index in [-0.39, 0.29) is 17.8 Å². The van der Waals surface area contributed by atoms with Gasteiger partial charge in [-0.25, -0.2) is 9.78 Å². The van der Waals surface area contributed by atoms with Crippen molar-refractivity contribution in [1.29, 1.82) is 0 Å². The van der Waals surface area contributed by atoms with Crippen LogP contribution in [0.1, 0.15) is 52.9 Å². The fourth-order valence-corrected chi connectivity index (χ4v) is 6.38. The van der Waals surface area contributed by atoms with Gasteiger partial charge in [-0.05, 0) is 38.0 Å². The zero-order chi connectivity index (χ0) is 20.9. The minimum Gasteiger partial charge on any atom is -0.435 e. The minimum atomic E-state index is -0.811. The molecule has 170 valence electrons. The molecule has 8 heteroatoms. The van der Waals surface area contributed by atoms with Crippen LogP contribution in [0.2, 0.25) is 0 Å². The molecule has 1 spiro atoms. The predicted molar refractivity (Wildman–Crippen MR) is 107 cm³/mol. The van der Waals surface area contributed by atoms with Gasteiger partial charge in [-0.15, -0.1) is 0 Å². The summed E-state index contributed by atoms with van der Waals surface area (Å²) < 4.78 is 18.5. The average Bonchev–Trinajstić information content (AvgIpc) is 2.97. The molecule has 0 aromatic rings. The molecule has 0 aromatic heterocycles. The van der Waals surface area contributed by atoms with Gasteiger partial charge in [0.2, 0.25) is 12.1 Å². The lowest BCUT2D eigenvalue weighted by Crippen LogP contribution is -2.70. The monoisotopic (exact) mass is 424 g/mol. The van der Waals surface area contributed by atoms with Gasteiger partial charge >= 0.3 is 5.97 Å². The first kappa shape index (κ1) is 21.1. The van der Waals surface area contributed by atoms with Crippen molar-refractivity contribution in [2.75, 3.05) is 32.7 Å². The molecule has 2 unspecified atom stereocenters. The molecule has 6 aliphatic rings. The van der Waals surface area contributed by atoms with Gasteiger partial charge in [0.25, 0.3) is 0 Å². The summed E-state index contributed by atoms with van der Waals surface area (Å²) >= 11 is 0. The maximum atomic E-state index is 12.6. The second kappa shape index (κ2) is 7.98. The number of piperazine rings is 1. The van der Waals surface area contributed by atoms with Crippen LogP contribution >= 0.6 is 0 Å². The summed E-state index contributed by atoms with van der Waals surface area (Å²) in [7, 11) is 0. The van der Waals surface area contributed by atoms with Gasteiger partial charge < -0.3 is 24.4 Å². The largest absolute Gasteiger partial charge is 0.435 e. The summed E-state index contributed by atoms with van der Waals surface area (Å²) in [6, 6.07) is 0. The number of hydrogen-bond donors (Lipinski definition) is 1. The Hall–Kier alpha value is -0.770. The summed E-state index contributed by atoms with van der Waals surface area (Å²) in [6.45, 7) is 10.9. The van der Waals surface area contributed by atoms with E-state index in [1.54, 1.807) is 0 Å². The highest BCUT2D eigenvalue weighted by atomic mass is 17.3. The topological polar surface area (TPSA) is 78.5 Å². The van der Waals surface area contributed by atoms with E-state index < -0.39 is 24.0 Å². The standard InChI is InChI=1S/C22H36N2O6/c1-14-4-5-17-15(2)19(26-18(25)7-11-24-12-9-23-10-13-24)27-20-22(17)16(14)6-8-21(3,28-20)29-30-22/h14-17,19-20,23H,4-13H2,1-3H3/t14-,15-,16+,17+,19-,20?,21+,22?/m1/s1. The van der Waals surface area contributed by atoms with Gasteiger partial charge in [-0.1, -0.05) is 13.8 Å². The van der Waals surface area contributed by atoms with Crippen LogP contribution in [0, 0.1) is 23.7 Å². The van der Waals surface area contributed by atoms with E-state index in [4.69, 9.17) is 24.0 Å². The molecule has 5 heterocycles. The lowest BCUT2D eigenvalue weighted by atomic mass is 9.58. The highest BCUT2D eigenvalue weighted by Gasteiger charge is 2.69. The second-order valence-corrected chi connectivity index (χ2v) is 10.1. The van der Waals surface area contributed by atoms with Gasteiger partial charge in [-0.3, -0.25) is 4.79 Å². The van der Waals surface area contributed by atoms with Crippen molar-refractivity contribution in [3.05, 3.63) is 0 Å². The van der Waals surface area contributed by atoms with Gasteiger partial charge in [0.05, 0.1) is 6.42 Å². The fraction of sp³-hybridized carbons (Fsp3) is 0.955. The Morgan fingerprint density at radius 3 is 2.73 bits per heavy atom. The maximum Gasteiger partial charge on any atom is 0.309 e. The molecule has 1 saturated carbocycles. The van der Waals surface area contributed by atoms with Crippen molar-refractivity contribution in [3.63, 3.8) is 0 Å². The van der Waals surface area contributed by atoms with Crippen LogP contribution < -0.4 is 5.32 Å². The third kappa shape index (κ3) is 3.49. The average molecular weight is 425 g/mol. The first-order valence-corrected chi connectivity index (χ1v) is 11.7. The Bertz CT molecular complexity index is 658. The number of ether oxygens (including phenoxy) is 3. The normalized spacial score (nSPS) is 48.6. The lowest BCUT2D eigenvalue weighted by Gasteiger charge is -2.59. The van der Waals surface area contributed by atoms with Gasteiger partial charge in [0.1, 0.15) is 0 Å². The molecule has 6 fully saturated rings. The molecule has 8 atom stereocenters. The van der Waals surface area contributed by atoms with E-state index in [0.717, 1.165) is 58.4 Å². The first-order valence-electron chi connectivity index (χ1n) is 11.7. The van der Waals surface area contributed by atoms with Gasteiger partial charge in [-0.2, -0.15) is 0 Å². The molecule has 0 aromatic carbocycles. The summed E-state index contributed by atoms with van der Waals surface area (Å²) in [5.74, 6) is 0.0154. The van der Waals surface area contributed by atoms with Crippen LogP contribution in [0.25, 0.3) is 0 Å². The second-order valence-electron chi connectivity index (χ2n) is 10.1. The Morgan fingerprint density at radius 1 is 1.13 bits per heavy atom. The minimum absolute atomic E-state index is 0.0223. The van der Waals surface area contributed by atoms with Crippen molar-refractivity contribution < 1.29 is 28.8 Å². The third-order valence-corrected chi connectivity index (χ3v) is 8.19. The van der Waals surface area contributed by atoms with Crippen molar-refractivity contribution in [3.8, 4) is 0 Å². The van der Waals surface area contributed by atoms with E-state index in [1.807, 2.05) is 6.92 Å². The van der Waals surface area contributed by atoms with E-state index in [0.29, 0.717) is 18.3 Å². The Morgan fingerprint density at radius 2 is 1.93 bits per heavy atom. The Labute approximate surface area is 178 Å². The fourth-order valence-electron chi connectivity index (χ4n) is 6.38. The highest BCUT2D eigenvalue weighted by Crippen LogP contribution is 2.60. The van der Waals surface area contributed by atoms with Crippen molar-refractivity contribution in [2.24, 2.45) is 23.7 Å². The first-order chi connectivity index (χ1) is 14.4. The molecule has 5 saturated heterocycles. The number of hydrogen-bond acceptors (Lipinski definition) is 8. The molecule has 0 amide bonds. The van der Waals surface area contributed by atoms with E-state index in [9.17, 15) is 4.79 Å². The molecule has 8 nitrogen and oxygen atoms in total. The molecule has 1 N–H and O–H groups in total.